The van der Waals surface area contributed by atoms with Crippen LogP contribution in [0.4, 0.5) is 0 Å². The Morgan fingerprint density at radius 2 is 2.04 bits per heavy atom. The normalized spacial score (nSPS) is 11.7. The molecule has 142 valence electrons. The Kier molecular flexibility index (Phi) is 7.77. The van der Waals surface area contributed by atoms with Crippen LogP contribution in [0.25, 0.3) is 0 Å². The fourth-order valence-corrected chi connectivity index (χ4v) is 3.91. The van der Waals surface area contributed by atoms with Gasteiger partial charge in [-0.3, -0.25) is 4.79 Å². The number of thiophene rings is 1. The molecule has 0 aliphatic carbocycles. The molecule has 0 spiro atoms. The molecule has 0 bridgehead atoms. The van der Waals surface area contributed by atoms with Crippen molar-refractivity contribution < 1.29 is 17.9 Å². The predicted octanol–water partition coefficient (Wildman–Crippen LogP) is 2.63. The van der Waals surface area contributed by atoms with Crippen molar-refractivity contribution in [2.24, 2.45) is 5.92 Å². The molecule has 0 aliphatic rings. The van der Waals surface area contributed by atoms with Gasteiger partial charge >= 0.3 is 0 Å². The summed E-state index contributed by atoms with van der Waals surface area (Å²) in [6, 6.07) is 9.72. The second-order valence-corrected chi connectivity index (χ2v) is 8.96. The molecule has 0 saturated carbocycles. The Hall–Kier alpha value is -1.74. The maximum Gasteiger partial charge on any atom is 0.251 e. The first-order valence-corrected chi connectivity index (χ1v) is 10.7. The summed E-state index contributed by atoms with van der Waals surface area (Å²) >= 11 is 1.48. The van der Waals surface area contributed by atoms with E-state index >= 15 is 0 Å². The van der Waals surface area contributed by atoms with Crippen molar-refractivity contribution in [2.45, 2.75) is 25.3 Å². The largest absolute Gasteiger partial charge is 0.379 e. The average molecular weight is 397 g/mol. The van der Waals surface area contributed by atoms with Gasteiger partial charge in [0.15, 0.2) is 0 Å². The molecule has 0 atom stereocenters. The lowest BCUT2D eigenvalue weighted by molar-refractivity contribution is 0.0886. The minimum Gasteiger partial charge on any atom is -0.379 e. The van der Waals surface area contributed by atoms with E-state index in [0.717, 1.165) is 4.88 Å². The van der Waals surface area contributed by atoms with Gasteiger partial charge in [0.05, 0.1) is 11.5 Å². The van der Waals surface area contributed by atoms with E-state index in [1.807, 2.05) is 17.5 Å². The molecule has 1 heterocycles. The van der Waals surface area contributed by atoms with Gasteiger partial charge in [-0.2, -0.15) is 0 Å². The average Bonchev–Trinajstić information content (AvgIpc) is 3.13. The number of ether oxygens (including phenoxy) is 1. The van der Waals surface area contributed by atoms with Crippen LogP contribution in [0.2, 0.25) is 0 Å². The highest BCUT2D eigenvalue weighted by Gasteiger charge is 2.16. The fraction of sp³-hybridized carbons (Fsp3) is 0.389. The number of benzene rings is 1. The summed E-state index contributed by atoms with van der Waals surface area (Å²) in [6.07, 6.45) is 0. The van der Waals surface area contributed by atoms with E-state index in [0.29, 0.717) is 31.2 Å². The summed E-state index contributed by atoms with van der Waals surface area (Å²) < 4.78 is 32.8. The maximum absolute atomic E-state index is 12.4. The number of hydrogen-bond donors (Lipinski definition) is 2. The van der Waals surface area contributed by atoms with Crippen molar-refractivity contribution in [1.82, 2.24) is 10.0 Å². The van der Waals surface area contributed by atoms with Crippen LogP contribution in [0, 0.1) is 5.92 Å². The van der Waals surface area contributed by atoms with Crippen LogP contribution in [-0.2, 0) is 21.3 Å². The van der Waals surface area contributed by atoms with Gasteiger partial charge in [-0.25, -0.2) is 13.1 Å². The van der Waals surface area contributed by atoms with E-state index < -0.39 is 10.0 Å². The summed E-state index contributed by atoms with van der Waals surface area (Å²) in [6.45, 7) is 5.76. The number of rotatable bonds is 10. The lowest BCUT2D eigenvalue weighted by atomic mass is 10.2. The van der Waals surface area contributed by atoms with Gasteiger partial charge in [0.1, 0.15) is 0 Å². The summed E-state index contributed by atoms with van der Waals surface area (Å²) in [5, 5.41) is 4.62. The summed E-state index contributed by atoms with van der Waals surface area (Å²) in [7, 11) is -3.68. The molecule has 1 amide bonds. The molecule has 0 saturated heterocycles. The quantitative estimate of drug-likeness (QED) is 0.605. The standard InChI is InChI=1S/C18H24N2O4S2/c1-14(2)13-24-9-8-19-18(21)15-5-3-7-17(11-15)26(22,23)20-12-16-6-4-10-25-16/h3-7,10-11,14,20H,8-9,12-13H2,1-2H3,(H,19,21). The SMILES string of the molecule is CC(C)COCCNC(=O)c1cccc(S(=O)(=O)NCc2cccs2)c1. The first-order chi connectivity index (χ1) is 12.4. The van der Waals surface area contributed by atoms with E-state index in [1.54, 1.807) is 12.1 Å². The zero-order valence-electron chi connectivity index (χ0n) is 14.9. The summed E-state index contributed by atoms with van der Waals surface area (Å²) in [5.74, 6) is 0.114. The Morgan fingerprint density at radius 3 is 2.73 bits per heavy atom. The number of carbonyl (C=O) groups is 1. The lowest BCUT2D eigenvalue weighted by Gasteiger charge is -2.10. The number of hydrogen-bond acceptors (Lipinski definition) is 5. The Morgan fingerprint density at radius 1 is 1.23 bits per heavy atom. The van der Waals surface area contributed by atoms with E-state index in [4.69, 9.17) is 4.74 Å². The third-order valence-corrected chi connectivity index (χ3v) is 5.68. The van der Waals surface area contributed by atoms with Crippen LogP contribution in [0.5, 0.6) is 0 Å². The molecule has 0 fully saturated rings. The zero-order chi connectivity index (χ0) is 19.0. The van der Waals surface area contributed by atoms with E-state index in [2.05, 4.69) is 23.9 Å². The van der Waals surface area contributed by atoms with Gasteiger partial charge in [0.2, 0.25) is 10.0 Å². The predicted molar refractivity (Wildman–Crippen MR) is 103 cm³/mol. The molecule has 0 unspecified atom stereocenters. The van der Waals surface area contributed by atoms with Crippen LogP contribution >= 0.6 is 11.3 Å². The van der Waals surface area contributed by atoms with Crippen molar-refractivity contribution in [2.75, 3.05) is 19.8 Å². The Bertz CT molecular complexity index is 802. The number of sulfonamides is 1. The number of carbonyl (C=O) groups excluding carboxylic acids is 1. The molecular weight excluding hydrogens is 372 g/mol. The lowest BCUT2D eigenvalue weighted by Crippen LogP contribution is -2.28. The van der Waals surface area contributed by atoms with Crippen LogP contribution < -0.4 is 10.0 Å². The molecule has 6 nitrogen and oxygen atoms in total. The second-order valence-electron chi connectivity index (χ2n) is 6.16. The van der Waals surface area contributed by atoms with Crippen LogP contribution in [0.15, 0.2) is 46.7 Å². The zero-order valence-corrected chi connectivity index (χ0v) is 16.5. The molecule has 2 N–H and O–H groups in total. The van der Waals surface area contributed by atoms with Gasteiger partial charge in [0, 0.05) is 30.1 Å². The smallest absolute Gasteiger partial charge is 0.251 e. The number of nitrogens with one attached hydrogen (secondary N) is 2. The van der Waals surface area contributed by atoms with Crippen LogP contribution in [-0.4, -0.2) is 34.1 Å². The third kappa shape index (κ3) is 6.53. The van der Waals surface area contributed by atoms with Gasteiger partial charge in [0.25, 0.3) is 5.91 Å². The van der Waals surface area contributed by atoms with Crippen LogP contribution in [0.1, 0.15) is 29.1 Å². The first kappa shape index (κ1) is 20.6. The molecule has 26 heavy (non-hydrogen) atoms. The maximum atomic E-state index is 12.4. The minimum absolute atomic E-state index is 0.0674. The molecule has 2 aromatic rings. The van der Waals surface area contributed by atoms with Crippen molar-refractivity contribution in [3.8, 4) is 0 Å². The van der Waals surface area contributed by atoms with Crippen molar-refractivity contribution >= 4 is 27.3 Å². The highest BCUT2D eigenvalue weighted by atomic mass is 32.2. The summed E-state index contributed by atoms with van der Waals surface area (Å²) in [4.78, 5) is 13.2. The Balaban J connectivity index is 1.92. The Labute approximate surface area is 158 Å². The van der Waals surface area contributed by atoms with Crippen molar-refractivity contribution in [1.29, 1.82) is 0 Å². The number of amides is 1. The van der Waals surface area contributed by atoms with E-state index in [9.17, 15) is 13.2 Å². The van der Waals surface area contributed by atoms with Crippen molar-refractivity contribution in [3.05, 3.63) is 52.2 Å². The third-order valence-electron chi connectivity index (χ3n) is 3.41. The fourth-order valence-electron chi connectivity index (χ4n) is 2.12. The van der Waals surface area contributed by atoms with Gasteiger partial charge in [-0.1, -0.05) is 26.0 Å². The molecule has 0 aliphatic heterocycles. The topological polar surface area (TPSA) is 84.5 Å². The van der Waals surface area contributed by atoms with Gasteiger partial charge in [-0.15, -0.1) is 11.3 Å². The molecule has 1 aromatic heterocycles. The molecule has 1 aromatic carbocycles. The van der Waals surface area contributed by atoms with Gasteiger partial charge < -0.3 is 10.1 Å². The highest BCUT2D eigenvalue weighted by molar-refractivity contribution is 7.89. The monoisotopic (exact) mass is 396 g/mol. The minimum atomic E-state index is -3.68. The first-order valence-electron chi connectivity index (χ1n) is 8.36. The van der Waals surface area contributed by atoms with Gasteiger partial charge in [-0.05, 0) is 35.6 Å². The molecule has 0 radical (unpaired) electrons. The molecule has 8 heteroatoms. The van der Waals surface area contributed by atoms with Crippen molar-refractivity contribution in [3.63, 3.8) is 0 Å². The van der Waals surface area contributed by atoms with E-state index in [1.165, 1.54) is 23.5 Å². The molecular formula is C18H24N2O4S2. The molecule has 2 rings (SSSR count). The van der Waals surface area contributed by atoms with Crippen LogP contribution in [0.3, 0.4) is 0 Å². The summed E-state index contributed by atoms with van der Waals surface area (Å²) in [5.41, 5.74) is 0.299. The second kappa shape index (κ2) is 9.82. The highest BCUT2D eigenvalue weighted by Crippen LogP contribution is 2.14. The van der Waals surface area contributed by atoms with E-state index in [-0.39, 0.29) is 17.3 Å².